The van der Waals surface area contributed by atoms with E-state index in [9.17, 15) is 0 Å². The average Bonchev–Trinajstić information content (AvgIpc) is 2.53. The van der Waals surface area contributed by atoms with E-state index >= 15 is 0 Å². The maximum Gasteiger partial charge on any atom is 0.300 e. The third-order valence-corrected chi connectivity index (χ3v) is 4.59. The molecule has 71 valence electrons. The first kappa shape index (κ1) is 9.22. The molecule has 0 saturated carbocycles. The van der Waals surface area contributed by atoms with Crippen molar-refractivity contribution in [2.45, 2.75) is 13.8 Å². The Morgan fingerprint density at radius 1 is 0.733 bits per heavy atom. The zero-order chi connectivity index (χ0) is 10.4. The summed E-state index contributed by atoms with van der Waals surface area (Å²) in [5, 5.41) is 0. The van der Waals surface area contributed by atoms with E-state index in [-0.39, 0.29) is 0 Å². The normalized spacial score (nSPS) is 11.9. The van der Waals surface area contributed by atoms with Crippen LogP contribution in [0.4, 0.5) is 0 Å². The molecule has 0 spiro atoms. The highest BCUT2D eigenvalue weighted by Gasteiger charge is 2.19. The lowest BCUT2D eigenvalue weighted by molar-refractivity contribution is 1.48. The van der Waals surface area contributed by atoms with Crippen LogP contribution < -0.4 is 8.85 Å². The second-order valence-electron chi connectivity index (χ2n) is 4.33. The molecule has 0 fully saturated rings. The fourth-order valence-corrected chi connectivity index (χ4v) is 4.10. The van der Waals surface area contributed by atoms with Gasteiger partial charge in [-0.25, -0.2) is 0 Å². The zero-order valence-electron chi connectivity index (χ0n) is 9.04. The van der Waals surface area contributed by atoms with E-state index in [0.717, 1.165) is 0 Å². The average molecular weight is 207 g/mol. The van der Waals surface area contributed by atoms with Gasteiger partial charge in [-0.1, -0.05) is 47.5 Å². The first-order valence-corrected chi connectivity index (χ1v) is 6.46. The molecule has 0 amide bonds. The Hall–Kier alpha value is -1.03. The van der Waals surface area contributed by atoms with E-state index in [2.05, 4.69) is 50.2 Å². The van der Waals surface area contributed by atoms with Gasteiger partial charge in [0.05, 0.1) is 0 Å². The number of hydrogen-bond donors (Lipinski definition) is 0. The lowest BCUT2D eigenvalue weighted by Crippen LogP contribution is -2.21. The minimum absolute atomic E-state index is 0.320. The second-order valence-corrected chi connectivity index (χ2v) is 5.86. The van der Waals surface area contributed by atoms with Crippen LogP contribution in [0, 0.1) is 13.8 Å². The van der Waals surface area contributed by atoms with Crippen molar-refractivity contribution in [3.63, 3.8) is 0 Å². The van der Waals surface area contributed by atoms with Gasteiger partial charge < -0.3 is 0 Å². The van der Waals surface area contributed by atoms with Crippen molar-refractivity contribution in [3.05, 3.63) is 47.5 Å². The molecule has 0 aliphatic carbocycles. The van der Waals surface area contributed by atoms with Gasteiger partial charge >= 0.3 is 15.2 Å². The summed E-state index contributed by atoms with van der Waals surface area (Å²) in [5.41, 5.74) is 5.69. The van der Waals surface area contributed by atoms with Gasteiger partial charge in [0.15, 0.2) is 0 Å². The van der Waals surface area contributed by atoms with Crippen molar-refractivity contribution in [2.24, 2.45) is 0 Å². The van der Waals surface area contributed by atoms with Gasteiger partial charge in [-0.05, 0) is 25.0 Å². The molecule has 15 heavy (non-hydrogen) atoms. The number of benzene rings is 2. The van der Waals surface area contributed by atoms with E-state index in [0.29, 0.717) is 15.2 Å². The van der Waals surface area contributed by atoms with E-state index in [1.807, 2.05) is 0 Å². The van der Waals surface area contributed by atoms with Gasteiger partial charge in [0.25, 0.3) is 0 Å². The monoisotopic (exact) mass is 207 g/mol. The molecule has 0 atom stereocenters. The fraction of sp³-hybridized carbons (Fsp3) is 0.143. The standard InChI is InChI=1S/C14H12.Al/c1-11-3-7-13(8-4-11)14-9-5-12(2)6-10-14;/h3-7,9H,1-2H3;. The van der Waals surface area contributed by atoms with Crippen LogP contribution in [0.15, 0.2) is 36.4 Å². The smallest absolute Gasteiger partial charge is 0.109 e. The zero-order valence-corrected chi connectivity index (χ0v) is 10.2. The van der Waals surface area contributed by atoms with Crippen LogP contribution in [0.2, 0.25) is 0 Å². The summed E-state index contributed by atoms with van der Waals surface area (Å²) in [6, 6.07) is 13.7. The summed E-state index contributed by atoms with van der Waals surface area (Å²) in [6.07, 6.45) is 0. The van der Waals surface area contributed by atoms with E-state index in [1.165, 1.54) is 22.3 Å². The predicted octanol–water partition coefficient (Wildman–Crippen LogP) is 1.94. The SMILES string of the molecule is Cc1ccc2[c](c1)[Al][c]1cc(C)ccc1-2. The van der Waals surface area contributed by atoms with Crippen LogP contribution in [0.5, 0.6) is 0 Å². The van der Waals surface area contributed by atoms with Crippen molar-refractivity contribution in [1.29, 1.82) is 0 Å². The Morgan fingerprint density at radius 2 is 1.20 bits per heavy atom. The van der Waals surface area contributed by atoms with Gasteiger partial charge in [0.2, 0.25) is 0 Å². The van der Waals surface area contributed by atoms with Gasteiger partial charge in [-0.15, -0.1) is 8.85 Å². The van der Waals surface area contributed by atoms with E-state index in [1.54, 1.807) is 8.85 Å². The Bertz CT molecular complexity index is 492. The highest BCUT2D eigenvalue weighted by molar-refractivity contribution is 6.73. The van der Waals surface area contributed by atoms with Gasteiger partial charge in [0.1, 0.15) is 0 Å². The molecule has 0 unspecified atom stereocenters. The first-order valence-electron chi connectivity index (χ1n) is 5.30. The Balaban J connectivity index is 2.24. The van der Waals surface area contributed by atoms with Crippen molar-refractivity contribution in [2.75, 3.05) is 0 Å². The molecule has 0 nitrogen and oxygen atoms in total. The largest absolute Gasteiger partial charge is 0.300 e. The highest BCUT2D eigenvalue weighted by Crippen LogP contribution is 2.20. The summed E-state index contributed by atoms with van der Waals surface area (Å²) in [4.78, 5) is 0. The second kappa shape index (κ2) is 3.24. The number of rotatable bonds is 0. The van der Waals surface area contributed by atoms with Crippen molar-refractivity contribution >= 4 is 24.1 Å². The molecule has 0 bridgehead atoms. The minimum Gasteiger partial charge on any atom is -0.109 e. The van der Waals surface area contributed by atoms with Crippen molar-refractivity contribution < 1.29 is 0 Å². The molecule has 1 aliphatic heterocycles. The van der Waals surface area contributed by atoms with Gasteiger partial charge in [-0.2, -0.15) is 0 Å². The summed E-state index contributed by atoms with van der Waals surface area (Å²) < 4.78 is 3.13. The molecular weight excluding hydrogens is 195 g/mol. The van der Waals surface area contributed by atoms with Crippen LogP contribution in [0.1, 0.15) is 11.1 Å². The molecule has 1 heterocycles. The number of aryl methyl sites for hydroxylation is 2. The molecule has 0 saturated heterocycles. The summed E-state index contributed by atoms with van der Waals surface area (Å²) >= 11 is 0.320. The summed E-state index contributed by atoms with van der Waals surface area (Å²) in [5.74, 6) is 0. The first-order chi connectivity index (χ1) is 7.24. The summed E-state index contributed by atoms with van der Waals surface area (Å²) in [6.45, 7) is 4.35. The van der Waals surface area contributed by atoms with Crippen molar-refractivity contribution in [3.8, 4) is 11.1 Å². The molecule has 2 aromatic rings. The van der Waals surface area contributed by atoms with Crippen LogP contribution >= 0.6 is 0 Å². The Kier molecular flexibility index (Phi) is 1.99. The minimum atomic E-state index is 0.320. The highest BCUT2D eigenvalue weighted by atomic mass is 27.1. The molecule has 1 radical (unpaired) electrons. The fourth-order valence-electron chi connectivity index (χ4n) is 2.26. The third-order valence-electron chi connectivity index (χ3n) is 3.02. The van der Waals surface area contributed by atoms with Crippen LogP contribution in [0.25, 0.3) is 11.1 Å². The molecule has 0 aromatic heterocycles. The maximum atomic E-state index is 2.35. The number of fused-ring (bicyclic) bond motifs is 3. The third kappa shape index (κ3) is 1.44. The molecule has 1 heteroatoms. The summed E-state index contributed by atoms with van der Waals surface area (Å²) in [7, 11) is 0. The van der Waals surface area contributed by atoms with Crippen LogP contribution in [-0.2, 0) is 0 Å². The quantitative estimate of drug-likeness (QED) is 0.494. The Morgan fingerprint density at radius 3 is 1.67 bits per heavy atom. The van der Waals surface area contributed by atoms with Crippen LogP contribution in [-0.4, -0.2) is 15.2 Å². The topological polar surface area (TPSA) is 0 Å². The molecule has 0 N–H and O–H groups in total. The maximum absolute atomic E-state index is 2.35. The molecular formula is C14H12Al. The lowest BCUT2D eigenvalue weighted by atomic mass is 10.0. The van der Waals surface area contributed by atoms with Gasteiger partial charge in [-0.3, -0.25) is 0 Å². The van der Waals surface area contributed by atoms with E-state index < -0.39 is 0 Å². The van der Waals surface area contributed by atoms with Gasteiger partial charge in [0, 0.05) is 0 Å². The molecule has 3 rings (SSSR count). The van der Waals surface area contributed by atoms with Crippen molar-refractivity contribution in [1.82, 2.24) is 0 Å². The Labute approximate surface area is 96.7 Å². The lowest BCUT2D eigenvalue weighted by Gasteiger charge is -2.03. The predicted molar refractivity (Wildman–Crippen MR) is 66.4 cm³/mol. The molecule has 2 aromatic carbocycles. The van der Waals surface area contributed by atoms with E-state index in [4.69, 9.17) is 0 Å². The number of hydrogen-bond acceptors (Lipinski definition) is 0. The molecule has 1 aliphatic rings. The van der Waals surface area contributed by atoms with Crippen LogP contribution in [0.3, 0.4) is 0 Å².